The van der Waals surface area contributed by atoms with E-state index in [0.717, 1.165) is 33.3 Å². The van der Waals surface area contributed by atoms with Crippen molar-refractivity contribution >= 4 is 27.4 Å². The standard InChI is InChI=1S/C26H22N2O/c1-27-18-11-13-22-24(15-18)29-25-16-19(28(2)3)12-14-23(25)26(22)21-10-6-8-17-7-4-5-9-20(17)21/h4-16H,1-3H3. The van der Waals surface area contributed by atoms with Crippen molar-refractivity contribution in [3.63, 3.8) is 0 Å². The SMILES string of the molecule is CN=c1ccc2c(-c3cccc4ccccc34)c3ccc(N(C)C)cc3oc-2c1. The Balaban J connectivity index is 1.96. The van der Waals surface area contributed by atoms with E-state index in [-0.39, 0.29) is 0 Å². The molecule has 0 saturated heterocycles. The lowest BCUT2D eigenvalue weighted by Gasteiger charge is -2.19. The van der Waals surface area contributed by atoms with E-state index in [4.69, 9.17) is 4.42 Å². The van der Waals surface area contributed by atoms with Crippen LogP contribution in [0.3, 0.4) is 0 Å². The third kappa shape index (κ3) is 2.87. The second-order valence-electron chi connectivity index (χ2n) is 7.48. The molecule has 3 aromatic carbocycles. The first-order valence-electron chi connectivity index (χ1n) is 9.74. The maximum atomic E-state index is 6.37. The summed E-state index contributed by atoms with van der Waals surface area (Å²) in [4.78, 5) is 6.42. The molecule has 29 heavy (non-hydrogen) atoms. The van der Waals surface area contributed by atoms with Gasteiger partial charge in [-0.3, -0.25) is 4.99 Å². The molecule has 0 amide bonds. The Kier molecular flexibility index (Phi) is 4.09. The van der Waals surface area contributed by atoms with E-state index < -0.39 is 0 Å². The van der Waals surface area contributed by atoms with Gasteiger partial charge in [-0.2, -0.15) is 0 Å². The van der Waals surface area contributed by atoms with Gasteiger partial charge >= 0.3 is 0 Å². The van der Waals surface area contributed by atoms with Crippen molar-refractivity contribution in [1.82, 2.24) is 0 Å². The Labute approximate surface area is 169 Å². The Bertz CT molecular complexity index is 1390. The minimum absolute atomic E-state index is 0.847. The van der Waals surface area contributed by atoms with E-state index in [2.05, 4.69) is 76.6 Å². The third-order valence-electron chi connectivity index (χ3n) is 5.52. The van der Waals surface area contributed by atoms with E-state index in [1.807, 2.05) is 26.2 Å². The predicted molar refractivity (Wildman–Crippen MR) is 122 cm³/mol. The molecule has 0 N–H and O–H groups in total. The molecule has 3 aromatic rings. The van der Waals surface area contributed by atoms with E-state index in [1.54, 1.807) is 7.05 Å². The van der Waals surface area contributed by atoms with Gasteiger partial charge < -0.3 is 9.32 Å². The monoisotopic (exact) mass is 378 g/mol. The third-order valence-corrected chi connectivity index (χ3v) is 5.52. The molecule has 1 aliphatic heterocycles. The maximum Gasteiger partial charge on any atom is 0.137 e. The normalized spacial score (nSPS) is 12.2. The van der Waals surface area contributed by atoms with Crippen LogP contribution in [0.25, 0.3) is 44.2 Å². The largest absolute Gasteiger partial charge is 0.456 e. The molecular formula is C26H22N2O. The van der Waals surface area contributed by atoms with Gasteiger partial charge in [-0.1, -0.05) is 42.5 Å². The van der Waals surface area contributed by atoms with Crippen molar-refractivity contribution in [3.05, 3.63) is 84.2 Å². The van der Waals surface area contributed by atoms with Crippen LogP contribution in [0.2, 0.25) is 0 Å². The lowest BCUT2D eigenvalue weighted by molar-refractivity contribution is 0.619. The summed E-state index contributed by atoms with van der Waals surface area (Å²) < 4.78 is 6.37. The summed E-state index contributed by atoms with van der Waals surface area (Å²) in [5, 5.41) is 4.50. The summed E-state index contributed by atoms with van der Waals surface area (Å²) in [5.41, 5.74) is 5.50. The number of hydrogen-bond acceptors (Lipinski definition) is 3. The number of benzene rings is 4. The second kappa shape index (κ2) is 6.78. The topological polar surface area (TPSA) is 28.7 Å². The molecule has 142 valence electrons. The van der Waals surface area contributed by atoms with Crippen LogP contribution in [-0.4, -0.2) is 21.1 Å². The van der Waals surface area contributed by atoms with Gasteiger partial charge in [0, 0.05) is 55.5 Å². The van der Waals surface area contributed by atoms with Crippen molar-refractivity contribution in [2.24, 2.45) is 4.99 Å². The average molecular weight is 378 g/mol. The first kappa shape index (κ1) is 17.5. The summed E-state index contributed by atoms with van der Waals surface area (Å²) >= 11 is 0. The van der Waals surface area contributed by atoms with Crippen molar-refractivity contribution in [2.45, 2.75) is 0 Å². The molecule has 0 fully saturated rings. The molecule has 0 atom stereocenters. The van der Waals surface area contributed by atoms with Gasteiger partial charge in [0.2, 0.25) is 0 Å². The Hall–Kier alpha value is -3.59. The van der Waals surface area contributed by atoms with Gasteiger partial charge in [0.25, 0.3) is 0 Å². The number of hydrogen-bond donors (Lipinski definition) is 0. The predicted octanol–water partition coefficient (Wildman–Crippen LogP) is 5.95. The quantitative estimate of drug-likeness (QED) is 0.355. The van der Waals surface area contributed by atoms with Gasteiger partial charge in [-0.05, 0) is 40.6 Å². The van der Waals surface area contributed by atoms with Crippen LogP contribution in [0.1, 0.15) is 0 Å². The Morgan fingerprint density at radius 1 is 0.759 bits per heavy atom. The van der Waals surface area contributed by atoms with Crippen LogP contribution in [-0.2, 0) is 0 Å². The molecule has 0 radical (unpaired) electrons. The molecule has 0 bridgehead atoms. The van der Waals surface area contributed by atoms with Gasteiger partial charge in [-0.15, -0.1) is 0 Å². The van der Waals surface area contributed by atoms with E-state index in [9.17, 15) is 0 Å². The maximum absolute atomic E-state index is 6.37. The van der Waals surface area contributed by atoms with Crippen LogP contribution in [0.4, 0.5) is 5.69 Å². The number of anilines is 1. The van der Waals surface area contributed by atoms with Gasteiger partial charge in [0.15, 0.2) is 0 Å². The van der Waals surface area contributed by atoms with Gasteiger partial charge in [0.05, 0.1) is 5.36 Å². The smallest absolute Gasteiger partial charge is 0.137 e. The zero-order valence-corrected chi connectivity index (χ0v) is 16.8. The molecule has 3 nitrogen and oxygen atoms in total. The number of nitrogens with zero attached hydrogens (tertiary/aromatic N) is 2. The van der Waals surface area contributed by atoms with Crippen molar-refractivity contribution in [3.8, 4) is 22.5 Å². The summed E-state index contributed by atoms with van der Waals surface area (Å²) in [6.45, 7) is 0. The van der Waals surface area contributed by atoms with Crippen molar-refractivity contribution < 1.29 is 4.42 Å². The molecular weight excluding hydrogens is 356 g/mol. The van der Waals surface area contributed by atoms with Crippen molar-refractivity contribution in [1.29, 1.82) is 0 Å². The van der Waals surface area contributed by atoms with Crippen LogP contribution >= 0.6 is 0 Å². The molecule has 0 spiro atoms. The van der Waals surface area contributed by atoms with Crippen molar-refractivity contribution in [2.75, 3.05) is 26.0 Å². The highest BCUT2D eigenvalue weighted by atomic mass is 16.3. The Morgan fingerprint density at radius 3 is 2.41 bits per heavy atom. The summed E-state index contributed by atoms with van der Waals surface area (Å²) in [6, 6.07) is 27.6. The molecule has 0 unspecified atom stereocenters. The molecule has 5 rings (SSSR count). The molecule has 3 heteroatoms. The Morgan fingerprint density at radius 2 is 1.59 bits per heavy atom. The minimum Gasteiger partial charge on any atom is -0.456 e. The van der Waals surface area contributed by atoms with Crippen LogP contribution in [0, 0.1) is 0 Å². The van der Waals surface area contributed by atoms with E-state index >= 15 is 0 Å². The highest BCUT2D eigenvalue weighted by Gasteiger charge is 2.18. The van der Waals surface area contributed by atoms with Crippen LogP contribution < -0.4 is 10.3 Å². The van der Waals surface area contributed by atoms with Gasteiger partial charge in [0.1, 0.15) is 11.3 Å². The average Bonchev–Trinajstić information content (AvgIpc) is 2.76. The molecule has 2 aliphatic rings. The molecule has 0 saturated carbocycles. The first-order valence-corrected chi connectivity index (χ1v) is 9.74. The highest BCUT2D eigenvalue weighted by molar-refractivity contribution is 6.09. The summed E-state index contributed by atoms with van der Waals surface area (Å²) in [5.74, 6) is 0.847. The summed E-state index contributed by atoms with van der Waals surface area (Å²) in [6.07, 6.45) is 0. The van der Waals surface area contributed by atoms with E-state index in [0.29, 0.717) is 0 Å². The molecule has 0 aromatic heterocycles. The lowest BCUT2D eigenvalue weighted by Crippen LogP contribution is -2.08. The number of fused-ring (bicyclic) bond motifs is 3. The first-order chi connectivity index (χ1) is 14.2. The van der Waals surface area contributed by atoms with Crippen LogP contribution in [0.15, 0.2) is 88.3 Å². The summed E-state index contributed by atoms with van der Waals surface area (Å²) in [7, 11) is 5.89. The molecule has 1 heterocycles. The lowest BCUT2D eigenvalue weighted by atomic mass is 9.90. The minimum atomic E-state index is 0.847. The molecule has 1 aliphatic carbocycles. The number of rotatable bonds is 2. The second-order valence-corrected chi connectivity index (χ2v) is 7.48. The zero-order chi connectivity index (χ0) is 20.0. The van der Waals surface area contributed by atoms with Crippen LogP contribution in [0.5, 0.6) is 0 Å². The van der Waals surface area contributed by atoms with E-state index in [1.165, 1.54) is 21.9 Å². The fraction of sp³-hybridized carbons (Fsp3) is 0.115. The zero-order valence-electron chi connectivity index (χ0n) is 16.8. The highest BCUT2D eigenvalue weighted by Crippen LogP contribution is 2.42. The fourth-order valence-electron chi connectivity index (χ4n) is 4.02. The van der Waals surface area contributed by atoms with Gasteiger partial charge in [-0.25, -0.2) is 0 Å². The fourth-order valence-corrected chi connectivity index (χ4v) is 4.02.